The largest absolute Gasteiger partial charge is 0.294 e. The maximum absolute atomic E-state index is 12.9. The number of carbonyl (C=O) groups is 1. The molecule has 5 rings (SSSR count). The van der Waals surface area contributed by atoms with Crippen LogP contribution in [0.5, 0.6) is 0 Å². The Kier molecular flexibility index (Phi) is 4.93. The fraction of sp³-hybridized carbons (Fsp3) is 0.269. The first kappa shape index (κ1) is 20.2. The quantitative estimate of drug-likeness (QED) is 0.481. The molecule has 0 aliphatic heterocycles. The molecule has 1 unspecified atom stereocenters. The van der Waals surface area contributed by atoms with E-state index in [0.717, 1.165) is 22.3 Å². The zero-order valence-electron chi connectivity index (χ0n) is 18.7. The number of rotatable bonds is 3. The smallest absolute Gasteiger partial charge is 0.230 e. The van der Waals surface area contributed by atoms with Gasteiger partial charge in [-0.25, -0.2) is 19.9 Å². The highest BCUT2D eigenvalue weighted by Gasteiger charge is 2.30. The number of hydrogen-bond donors (Lipinski definition) is 1. The van der Waals surface area contributed by atoms with Gasteiger partial charge in [0.15, 0.2) is 5.78 Å². The summed E-state index contributed by atoms with van der Waals surface area (Å²) in [6, 6.07) is 14.5. The van der Waals surface area contributed by atoms with Crippen LogP contribution in [0.15, 0.2) is 42.5 Å². The standard InChI is InChI=1S/C26H25N5O/c1-14-6-5-7-18(10-14)19-12-22-24(23(32)13-19)17(4)28-26(30-22)31-25-27-16(3)20-11-15(2)8-9-21(20)29-25/h5-11,19H,12-13H2,1-4H3,(H,27,28,29,30,31). The van der Waals surface area contributed by atoms with E-state index in [1.165, 1.54) is 16.7 Å². The highest BCUT2D eigenvalue weighted by atomic mass is 16.1. The monoisotopic (exact) mass is 423 g/mol. The van der Waals surface area contributed by atoms with Crippen LogP contribution in [0, 0.1) is 27.7 Å². The molecule has 0 saturated heterocycles. The molecule has 1 aliphatic rings. The number of aryl methyl sites for hydroxylation is 4. The number of anilines is 2. The summed E-state index contributed by atoms with van der Waals surface area (Å²) in [6.07, 6.45) is 1.19. The third-order valence-electron chi connectivity index (χ3n) is 6.09. The van der Waals surface area contributed by atoms with Crippen molar-refractivity contribution >= 4 is 28.6 Å². The van der Waals surface area contributed by atoms with Crippen molar-refractivity contribution < 1.29 is 4.79 Å². The van der Waals surface area contributed by atoms with Crippen LogP contribution < -0.4 is 5.32 Å². The van der Waals surface area contributed by atoms with Gasteiger partial charge in [0.25, 0.3) is 0 Å². The van der Waals surface area contributed by atoms with Crippen LogP contribution in [0.4, 0.5) is 11.9 Å². The normalized spacial score (nSPS) is 15.6. The van der Waals surface area contributed by atoms with E-state index in [2.05, 4.69) is 58.4 Å². The van der Waals surface area contributed by atoms with E-state index >= 15 is 0 Å². The second-order valence-corrected chi connectivity index (χ2v) is 8.68. The van der Waals surface area contributed by atoms with E-state index in [4.69, 9.17) is 4.98 Å². The van der Waals surface area contributed by atoms with Crippen molar-refractivity contribution in [1.29, 1.82) is 0 Å². The summed E-state index contributed by atoms with van der Waals surface area (Å²) < 4.78 is 0. The van der Waals surface area contributed by atoms with Gasteiger partial charge in [-0.1, -0.05) is 41.5 Å². The number of carbonyl (C=O) groups excluding carboxylic acids is 1. The molecule has 0 fully saturated rings. The molecule has 1 atom stereocenters. The summed E-state index contributed by atoms with van der Waals surface area (Å²) in [5.41, 5.74) is 7.45. The predicted octanol–water partition coefficient (Wildman–Crippen LogP) is 5.31. The maximum atomic E-state index is 12.9. The van der Waals surface area contributed by atoms with Gasteiger partial charge in [-0.3, -0.25) is 10.1 Å². The lowest BCUT2D eigenvalue weighted by molar-refractivity contribution is 0.0962. The van der Waals surface area contributed by atoms with Gasteiger partial charge in [0, 0.05) is 11.8 Å². The minimum Gasteiger partial charge on any atom is -0.294 e. The van der Waals surface area contributed by atoms with E-state index in [1.54, 1.807) is 0 Å². The average Bonchev–Trinajstić information content (AvgIpc) is 2.74. The molecule has 32 heavy (non-hydrogen) atoms. The van der Waals surface area contributed by atoms with Gasteiger partial charge in [0.2, 0.25) is 11.9 Å². The fourth-order valence-electron chi connectivity index (χ4n) is 4.54. The zero-order valence-corrected chi connectivity index (χ0v) is 18.7. The Morgan fingerprint density at radius 3 is 2.38 bits per heavy atom. The van der Waals surface area contributed by atoms with E-state index in [1.807, 2.05) is 32.0 Å². The number of nitrogens with zero attached hydrogens (tertiary/aromatic N) is 4. The summed E-state index contributed by atoms with van der Waals surface area (Å²) in [5.74, 6) is 1.11. The molecule has 4 aromatic rings. The SMILES string of the molecule is Cc1cccc(C2CC(=O)c3c(C)nc(Nc4nc(C)c5cc(C)ccc5n4)nc3C2)c1. The lowest BCUT2D eigenvalue weighted by Gasteiger charge is -2.25. The number of Topliss-reactive ketones (excluding diaryl/α,β-unsaturated/α-hetero) is 1. The third-order valence-corrected chi connectivity index (χ3v) is 6.09. The van der Waals surface area contributed by atoms with Crippen molar-refractivity contribution in [2.75, 3.05) is 5.32 Å². The van der Waals surface area contributed by atoms with E-state index in [-0.39, 0.29) is 11.7 Å². The topological polar surface area (TPSA) is 80.7 Å². The Hall–Kier alpha value is -3.67. The number of ketones is 1. The fourth-order valence-corrected chi connectivity index (χ4v) is 4.54. The van der Waals surface area contributed by atoms with Crippen LogP contribution in [0.2, 0.25) is 0 Å². The Morgan fingerprint density at radius 1 is 0.812 bits per heavy atom. The maximum Gasteiger partial charge on any atom is 0.230 e. The molecule has 2 aromatic heterocycles. The molecule has 2 heterocycles. The van der Waals surface area contributed by atoms with E-state index in [0.29, 0.717) is 36.0 Å². The van der Waals surface area contributed by atoms with Crippen LogP contribution in [-0.4, -0.2) is 25.7 Å². The lowest BCUT2D eigenvalue weighted by Crippen LogP contribution is -2.23. The van der Waals surface area contributed by atoms with E-state index in [9.17, 15) is 4.79 Å². The molecule has 0 bridgehead atoms. The van der Waals surface area contributed by atoms with Crippen molar-refractivity contribution in [3.05, 3.63) is 81.8 Å². The second kappa shape index (κ2) is 7.79. The van der Waals surface area contributed by atoms with Crippen LogP contribution in [0.25, 0.3) is 10.9 Å². The van der Waals surface area contributed by atoms with Crippen molar-refractivity contribution in [3.8, 4) is 0 Å². The molecule has 1 N–H and O–H groups in total. The highest BCUT2D eigenvalue weighted by Crippen LogP contribution is 2.34. The molecule has 0 spiro atoms. The van der Waals surface area contributed by atoms with Crippen LogP contribution in [-0.2, 0) is 6.42 Å². The van der Waals surface area contributed by atoms with Gasteiger partial charge in [0.05, 0.1) is 28.2 Å². The third kappa shape index (κ3) is 3.73. The van der Waals surface area contributed by atoms with Crippen molar-refractivity contribution in [3.63, 3.8) is 0 Å². The Balaban J connectivity index is 1.49. The number of benzene rings is 2. The lowest BCUT2D eigenvalue weighted by atomic mass is 9.81. The summed E-state index contributed by atoms with van der Waals surface area (Å²) >= 11 is 0. The Labute approximate surface area is 187 Å². The Bertz CT molecular complexity index is 1380. The first-order valence-corrected chi connectivity index (χ1v) is 10.9. The minimum atomic E-state index is 0.106. The first-order chi connectivity index (χ1) is 15.4. The summed E-state index contributed by atoms with van der Waals surface area (Å²) in [4.78, 5) is 31.4. The van der Waals surface area contributed by atoms with Gasteiger partial charge in [-0.05, 0) is 57.7 Å². The molecule has 0 saturated carbocycles. The molecule has 2 aromatic carbocycles. The van der Waals surface area contributed by atoms with Crippen LogP contribution in [0.1, 0.15) is 56.5 Å². The second-order valence-electron chi connectivity index (χ2n) is 8.68. The molecule has 6 heteroatoms. The minimum absolute atomic E-state index is 0.106. The highest BCUT2D eigenvalue weighted by molar-refractivity contribution is 5.99. The average molecular weight is 424 g/mol. The van der Waals surface area contributed by atoms with Gasteiger partial charge in [-0.2, -0.15) is 0 Å². The van der Waals surface area contributed by atoms with Crippen molar-refractivity contribution in [2.24, 2.45) is 0 Å². The van der Waals surface area contributed by atoms with Gasteiger partial charge >= 0.3 is 0 Å². The molecule has 160 valence electrons. The number of hydrogen-bond acceptors (Lipinski definition) is 6. The number of aromatic nitrogens is 4. The Morgan fingerprint density at radius 2 is 1.56 bits per heavy atom. The molecular formula is C26H25N5O. The summed E-state index contributed by atoms with van der Waals surface area (Å²) in [6.45, 7) is 7.97. The summed E-state index contributed by atoms with van der Waals surface area (Å²) in [7, 11) is 0. The van der Waals surface area contributed by atoms with Gasteiger partial charge < -0.3 is 0 Å². The van der Waals surface area contributed by atoms with Crippen molar-refractivity contribution in [1.82, 2.24) is 19.9 Å². The van der Waals surface area contributed by atoms with E-state index < -0.39 is 0 Å². The molecule has 0 amide bonds. The molecule has 1 aliphatic carbocycles. The predicted molar refractivity (Wildman–Crippen MR) is 126 cm³/mol. The first-order valence-electron chi connectivity index (χ1n) is 10.9. The number of nitrogens with one attached hydrogen (secondary N) is 1. The molecule has 0 radical (unpaired) electrons. The zero-order chi connectivity index (χ0) is 22.4. The molecular weight excluding hydrogens is 398 g/mol. The van der Waals surface area contributed by atoms with Gasteiger partial charge in [-0.15, -0.1) is 0 Å². The van der Waals surface area contributed by atoms with Crippen molar-refractivity contribution in [2.45, 2.75) is 46.5 Å². The van der Waals surface area contributed by atoms with Crippen LogP contribution in [0.3, 0.4) is 0 Å². The van der Waals surface area contributed by atoms with Crippen LogP contribution >= 0.6 is 0 Å². The number of fused-ring (bicyclic) bond motifs is 2. The van der Waals surface area contributed by atoms with Gasteiger partial charge in [0.1, 0.15) is 0 Å². The summed E-state index contributed by atoms with van der Waals surface area (Å²) in [5, 5.41) is 4.20. The molecule has 6 nitrogen and oxygen atoms in total.